The number of methoxy groups -OCH3 is 2. The van der Waals surface area contributed by atoms with Gasteiger partial charge in [0, 0.05) is 19.3 Å². The van der Waals surface area contributed by atoms with Crippen molar-refractivity contribution in [3.63, 3.8) is 0 Å². The second kappa shape index (κ2) is 11.8. The topological polar surface area (TPSA) is 77.1 Å². The first-order valence-electron chi connectivity index (χ1n) is 12.1. The van der Waals surface area contributed by atoms with E-state index in [1.54, 1.807) is 19.1 Å². The van der Waals surface area contributed by atoms with E-state index < -0.39 is 11.7 Å². The van der Waals surface area contributed by atoms with Crippen LogP contribution in [0.25, 0.3) is 10.8 Å². The average Bonchev–Trinajstić information content (AvgIpc) is 2.82. The molecule has 2 amide bonds. The van der Waals surface area contributed by atoms with E-state index in [1.165, 1.54) is 5.56 Å². The summed E-state index contributed by atoms with van der Waals surface area (Å²) in [5.74, 6) is 1.33. The van der Waals surface area contributed by atoms with E-state index in [4.69, 9.17) is 14.2 Å². The zero-order valence-electron chi connectivity index (χ0n) is 22.0. The van der Waals surface area contributed by atoms with Gasteiger partial charge in [0.15, 0.2) is 11.5 Å². The number of carbonyl (C=O) groups excluding carboxylic acids is 2. The van der Waals surface area contributed by atoms with Crippen molar-refractivity contribution < 1.29 is 23.8 Å². The monoisotopic (exact) mass is 492 g/mol. The summed E-state index contributed by atoms with van der Waals surface area (Å²) >= 11 is 0. The van der Waals surface area contributed by atoms with Crippen LogP contribution in [0.4, 0.5) is 10.5 Å². The van der Waals surface area contributed by atoms with Crippen LogP contribution < -0.4 is 14.8 Å². The summed E-state index contributed by atoms with van der Waals surface area (Å²) in [6.07, 6.45) is 1.56. The molecule has 0 bridgehead atoms. The molecule has 0 aromatic heterocycles. The van der Waals surface area contributed by atoms with Gasteiger partial charge in [-0.15, -0.1) is 0 Å². The van der Waals surface area contributed by atoms with Gasteiger partial charge in [0.25, 0.3) is 0 Å². The minimum Gasteiger partial charge on any atom is -0.493 e. The lowest BCUT2D eigenvalue weighted by atomic mass is 10.0. The molecule has 0 unspecified atom stereocenters. The number of fused-ring (bicyclic) bond motifs is 1. The van der Waals surface area contributed by atoms with E-state index in [2.05, 4.69) is 23.5 Å². The molecule has 3 rings (SSSR count). The quantitative estimate of drug-likeness (QED) is 0.406. The molecule has 7 heteroatoms. The predicted octanol–water partition coefficient (Wildman–Crippen LogP) is 5.84. The van der Waals surface area contributed by atoms with E-state index in [9.17, 15) is 9.59 Å². The number of nitrogens with one attached hydrogen (secondary N) is 1. The first kappa shape index (κ1) is 26.9. The summed E-state index contributed by atoms with van der Waals surface area (Å²) in [5.41, 5.74) is 2.24. The second-order valence-corrected chi connectivity index (χ2v) is 9.81. The smallest absolute Gasteiger partial charge is 0.412 e. The van der Waals surface area contributed by atoms with Gasteiger partial charge >= 0.3 is 6.09 Å². The molecule has 0 fully saturated rings. The van der Waals surface area contributed by atoms with E-state index >= 15 is 0 Å². The summed E-state index contributed by atoms with van der Waals surface area (Å²) in [6.45, 7) is 6.17. The maximum atomic E-state index is 12.7. The van der Waals surface area contributed by atoms with E-state index in [-0.39, 0.29) is 5.91 Å². The Bertz CT molecular complexity index is 1220. The molecule has 0 saturated heterocycles. The van der Waals surface area contributed by atoms with Crippen LogP contribution in [-0.2, 0) is 22.4 Å². The number of rotatable bonds is 9. The zero-order chi connectivity index (χ0) is 26.3. The van der Waals surface area contributed by atoms with Gasteiger partial charge in [0.1, 0.15) is 5.60 Å². The lowest BCUT2D eigenvalue weighted by Crippen LogP contribution is -2.29. The molecule has 192 valence electrons. The normalized spacial score (nSPS) is 11.2. The van der Waals surface area contributed by atoms with Crippen molar-refractivity contribution in [2.75, 3.05) is 33.1 Å². The maximum Gasteiger partial charge on any atom is 0.412 e. The number of hydrogen-bond acceptors (Lipinski definition) is 5. The highest BCUT2D eigenvalue weighted by Gasteiger charge is 2.16. The summed E-state index contributed by atoms with van der Waals surface area (Å²) in [7, 11) is 5.01. The third kappa shape index (κ3) is 7.63. The van der Waals surface area contributed by atoms with Crippen molar-refractivity contribution in [2.45, 2.75) is 45.6 Å². The molecule has 1 N–H and O–H groups in total. The van der Waals surface area contributed by atoms with E-state index in [0.717, 1.165) is 29.2 Å². The third-order valence-electron chi connectivity index (χ3n) is 5.74. The molecule has 0 radical (unpaired) electrons. The van der Waals surface area contributed by atoms with Crippen LogP contribution in [0.15, 0.2) is 54.6 Å². The van der Waals surface area contributed by atoms with Gasteiger partial charge in [-0.1, -0.05) is 30.3 Å². The molecular weight excluding hydrogens is 456 g/mol. The molecule has 0 spiro atoms. The summed E-state index contributed by atoms with van der Waals surface area (Å²) in [6, 6.07) is 17.6. The fourth-order valence-corrected chi connectivity index (χ4v) is 3.90. The Morgan fingerprint density at radius 3 is 2.22 bits per heavy atom. The van der Waals surface area contributed by atoms with Crippen LogP contribution in [0.2, 0.25) is 0 Å². The fourth-order valence-electron chi connectivity index (χ4n) is 3.90. The lowest BCUT2D eigenvalue weighted by Gasteiger charge is -2.19. The van der Waals surface area contributed by atoms with Crippen LogP contribution in [-0.4, -0.2) is 50.3 Å². The summed E-state index contributed by atoms with van der Waals surface area (Å²) in [5, 5.41) is 4.91. The number of ether oxygens (including phenoxy) is 3. The van der Waals surface area contributed by atoms with Gasteiger partial charge in [-0.05, 0) is 79.8 Å². The molecule has 3 aromatic carbocycles. The Labute approximate surface area is 213 Å². The first-order valence-corrected chi connectivity index (χ1v) is 12.1. The summed E-state index contributed by atoms with van der Waals surface area (Å²) in [4.78, 5) is 26.5. The zero-order valence-corrected chi connectivity index (χ0v) is 22.0. The van der Waals surface area contributed by atoms with Gasteiger partial charge in [-0.2, -0.15) is 0 Å². The molecule has 36 heavy (non-hydrogen) atoms. The van der Waals surface area contributed by atoms with Crippen molar-refractivity contribution in [3.05, 3.63) is 65.7 Å². The standard InChI is InChI=1S/C29H36N2O5/c1-29(2,3)36-28(33)30-24-13-12-22-16-20(9-11-23(22)19-24)8-7-15-31(4)27(32)18-21-10-14-25(34-5)26(17-21)35-6/h9-14,16-17,19H,7-8,15,18H2,1-6H3,(H,30,33). The van der Waals surface area contributed by atoms with Gasteiger partial charge in [-0.3, -0.25) is 10.1 Å². The van der Waals surface area contributed by atoms with Crippen LogP contribution in [0.1, 0.15) is 38.3 Å². The van der Waals surface area contributed by atoms with Crippen molar-refractivity contribution >= 4 is 28.5 Å². The highest BCUT2D eigenvalue weighted by Crippen LogP contribution is 2.28. The number of amides is 2. The van der Waals surface area contributed by atoms with Crippen molar-refractivity contribution in [1.82, 2.24) is 4.90 Å². The minimum absolute atomic E-state index is 0.0609. The molecule has 3 aromatic rings. The molecule has 0 aliphatic rings. The van der Waals surface area contributed by atoms with Gasteiger partial charge in [0.2, 0.25) is 5.91 Å². The Morgan fingerprint density at radius 1 is 0.861 bits per heavy atom. The fraction of sp³-hybridized carbons (Fsp3) is 0.379. The highest BCUT2D eigenvalue weighted by atomic mass is 16.6. The molecule has 0 aliphatic heterocycles. The number of likely N-dealkylation sites (N-methyl/N-ethyl adjacent to an activating group) is 1. The molecule has 0 atom stereocenters. The minimum atomic E-state index is -0.544. The summed E-state index contributed by atoms with van der Waals surface area (Å²) < 4.78 is 15.9. The largest absolute Gasteiger partial charge is 0.493 e. The maximum absolute atomic E-state index is 12.7. The molecule has 7 nitrogen and oxygen atoms in total. The highest BCUT2D eigenvalue weighted by molar-refractivity contribution is 5.91. The van der Waals surface area contributed by atoms with Gasteiger partial charge in [-0.25, -0.2) is 4.79 Å². The Morgan fingerprint density at radius 2 is 1.53 bits per heavy atom. The van der Waals surface area contributed by atoms with Crippen LogP contribution in [0.5, 0.6) is 11.5 Å². The number of aryl methyl sites for hydroxylation is 1. The predicted molar refractivity (Wildman–Crippen MR) is 143 cm³/mol. The SMILES string of the molecule is COc1ccc(CC(=O)N(C)CCCc2ccc3cc(NC(=O)OC(C)(C)C)ccc3c2)cc1OC. The van der Waals surface area contributed by atoms with Gasteiger partial charge in [0.05, 0.1) is 20.6 Å². The molecule has 0 saturated carbocycles. The van der Waals surface area contributed by atoms with Crippen molar-refractivity contribution in [1.29, 1.82) is 0 Å². The lowest BCUT2D eigenvalue weighted by molar-refractivity contribution is -0.129. The van der Waals surface area contributed by atoms with Crippen molar-refractivity contribution in [2.24, 2.45) is 0 Å². The van der Waals surface area contributed by atoms with Crippen LogP contribution in [0.3, 0.4) is 0 Å². The molecular formula is C29H36N2O5. The Kier molecular flexibility index (Phi) is 8.80. The van der Waals surface area contributed by atoms with E-state index in [0.29, 0.717) is 30.2 Å². The number of benzene rings is 3. The third-order valence-corrected chi connectivity index (χ3v) is 5.74. The van der Waals surface area contributed by atoms with Crippen LogP contribution >= 0.6 is 0 Å². The first-order chi connectivity index (χ1) is 17.1. The van der Waals surface area contributed by atoms with Crippen molar-refractivity contribution in [3.8, 4) is 11.5 Å². The molecule has 0 aliphatic carbocycles. The second-order valence-electron chi connectivity index (χ2n) is 9.81. The number of anilines is 1. The van der Waals surface area contributed by atoms with Crippen LogP contribution in [0, 0.1) is 0 Å². The number of nitrogens with zero attached hydrogens (tertiary/aromatic N) is 1. The number of carbonyl (C=O) groups is 2. The van der Waals surface area contributed by atoms with E-state index in [1.807, 2.05) is 64.2 Å². The number of hydrogen-bond donors (Lipinski definition) is 1. The average molecular weight is 493 g/mol. The Hall–Kier alpha value is -3.74. The van der Waals surface area contributed by atoms with Gasteiger partial charge < -0.3 is 19.1 Å². The Balaban J connectivity index is 1.52. The molecule has 0 heterocycles.